The zero-order valence-electron chi connectivity index (χ0n) is 15.7. The fourth-order valence-corrected chi connectivity index (χ4v) is 3.64. The number of non-ortho nitro benzene ring substituents is 1. The number of hydrogen-bond donors (Lipinski definition) is 1. The second-order valence-electron chi connectivity index (χ2n) is 6.90. The van der Waals surface area contributed by atoms with Crippen LogP contribution in [0.2, 0.25) is 5.02 Å². The first-order valence-corrected chi connectivity index (χ1v) is 9.44. The molecule has 0 aliphatic carbocycles. The van der Waals surface area contributed by atoms with E-state index in [1.54, 1.807) is 19.2 Å². The molecule has 3 rings (SSSR count). The summed E-state index contributed by atoms with van der Waals surface area (Å²) in [5.74, 6) is -0.818. The van der Waals surface area contributed by atoms with Crippen LogP contribution in [0.5, 0.6) is 5.75 Å². The average Bonchev–Trinajstić information content (AvgIpc) is 3.18. The second kappa shape index (κ2) is 8.48. The fourth-order valence-electron chi connectivity index (χ4n) is 3.46. The Balaban J connectivity index is 1.77. The van der Waals surface area contributed by atoms with Gasteiger partial charge in [0.15, 0.2) is 0 Å². The van der Waals surface area contributed by atoms with Crippen molar-refractivity contribution in [3.8, 4) is 5.75 Å². The number of phenols is 1. The summed E-state index contributed by atoms with van der Waals surface area (Å²) in [5.41, 5.74) is 0.493. The number of likely N-dealkylation sites (N-methyl/N-ethyl adjacent to an activating group) is 1. The molecular formula is C20H20ClN3O5. The van der Waals surface area contributed by atoms with Crippen LogP contribution in [0.3, 0.4) is 0 Å². The van der Waals surface area contributed by atoms with E-state index < -0.39 is 16.9 Å². The van der Waals surface area contributed by atoms with E-state index >= 15 is 0 Å². The number of aromatic hydroxyl groups is 1. The molecule has 1 aliphatic heterocycles. The number of carbonyl (C=O) groups is 2. The Morgan fingerprint density at radius 1 is 1.31 bits per heavy atom. The molecule has 0 bridgehead atoms. The Morgan fingerprint density at radius 3 is 2.72 bits per heavy atom. The monoisotopic (exact) mass is 417 g/mol. The molecule has 9 heteroatoms. The number of halogens is 1. The predicted molar refractivity (Wildman–Crippen MR) is 107 cm³/mol. The number of para-hydroxylation sites is 1. The minimum absolute atomic E-state index is 0.0778. The first kappa shape index (κ1) is 20.6. The maximum absolute atomic E-state index is 13.0. The van der Waals surface area contributed by atoms with Gasteiger partial charge in [0.1, 0.15) is 11.8 Å². The molecule has 1 fully saturated rings. The second-order valence-corrected chi connectivity index (χ2v) is 7.31. The first-order chi connectivity index (χ1) is 13.8. The van der Waals surface area contributed by atoms with E-state index in [1.165, 1.54) is 40.1 Å². The predicted octanol–water partition coefficient (Wildman–Crippen LogP) is 3.22. The highest BCUT2D eigenvalue weighted by Crippen LogP contribution is 2.27. The summed E-state index contributed by atoms with van der Waals surface area (Å²) < 4.78 is 0. The van der Waals surface area contributed by atoms with Crippen molar-refractivity contribution >= 4 is 29.1 Å². The summed E-state index contributed by atoms with van der Waals surface area (Å²) in [7, 11) is 1.57. The van der Waals surface area contributed by atoms with Crippen molar-refractivity contribution in [2.45, 2.75) is 25.4 Å². The number of nitrogens with zero attached hydrogens (tertiary/aromatic N) is 3. The van der Waals surface area contributed by atoms with Crippen LogP contribution in [-0.4, -0.2) is 51.3 Å². The third-order valence-electron chi connectivity index (χ3n) is 4.96. The van der Waals surface area contributed by atoms with Crippen molar-refractivity contribution in [1.82, 2.24) is 9.80 Å². The van der Waals surface area contributed by atoms with Gasteiger partial charge >= 0.3 is 0 Å². The number of benzene rings is 2. The van der Waals surface area contributed by atoms with E-state index in [2.05, 4.69) is 0 Å². The molecule has 0 aromatic heterocycles. The Kier molecular flexibility index (Phi) is 6.03. The van der Waals surface area contributed by atoms with Gasteiger partial charge in [0, 0.05) is 37.3 Å². The smallest absolute Gasteiger partial charge is 0.269 e. The average molecular weight is 418 g/mol. The molecule has 2 aromatic carbocycles. The van der Waals surface area contributed by atoms with Crippen molar-refractivity contribution in [2.24, 2.45) is 0 Å². The van der Waals surface area contributed by atoms with Gasteiger partial charge in [0.2, 0.25) is 5.91 Å². The molecule has 1 atom stereocenters. The molecule has 0 spiro atoms. The van der Waals surface area contributed by atoms with E-state index in [0.717, 1.165) is 0 Å². The molecule has 0 radical (unpaired) electrons. The number of nitro benzene ring substituents is 1. The largest absolute Gasteiger partial charge is 0.507 e. The van der Waals surface area contributed by atoms with Crippen LogP contribution in [0.1, 0.15) is 28.8 Å². The van der Waals surface area contributed by atoms with Crippen LogP contribution < -0.4 is 0 Å². The Bertz CT molecular complexity index is 965. The Morgan fingerprint density at radius 2 is 2.03 bits per heavy atom. The maximum atomic E-state index is 13.0. The van der Waals surface area contributed by atoms with Gasteiger partial charge < -0.3 is 14.9 Å². The lowest BCUT2D eigenvalue weighted by molar-refractivity contribution is -0.384. The molecule has 2 amide bonds. The molecule has 152 valence electrons. The zero-order chi connectivity index (χ0) is 21.1. The standard InChI is InChI=1S/C20H20ClN3O5/c1-22(12-13-11-14(24(28)29)8-9-16(13)21)20(27)17-6-4-10-23(17)19(26)15-5-2-3-7-18(15)25/h2-3,5,7-9,11,17,25H,4,6,10,12H2,1H3. The molecule has 1 heterocycles. The summed E-state index contributed by atoms with van der Waals surface area (Å²) in [5, 5.41) is 21.3. The number of hydrogen-bond acceptors (Lipinski definition) is 5. The molecule has 1 aliphatic rings. The van der Waals surface area contributed by atoms with Gasteiger partial charge in [-0.1, -0.05) is 23.7 Å². The lowest BCUT2D eigenvalue weighted by Gasteiger charge is -2.28. The molecule has 0 saturated carbocycles. The van der Waals surface area contributed by atoms with E-state index in [9.17, 15) is 24.8 Å². The van der Waals surface area contributed by atoms with Gasteiger partial charge in [-0.2, -0.15) is 0 Å². The molecule has 29 heavy (non-hydrogen) atoms. The highest BCUT2D eigenvalue weighted by molar-refractivity contribution is 6.31. The topological polar surface area (TPSA) is 104 Å². The third kappa shape index (κ3) is 4.32. The summed E-state index contributed by atoms with van der Waals surface area (Å²) >= 11 is 6.13. The lowest BCUT2D eigenvalue weighted by atomic mass is 10.1. The summed E-state index contributed by atoms with van der Waals surface area (Å²) in [6, 6.07) is 9.62. The van der Waals surface area contributed by atoms with Gasteiger partial charge in [-0.05, 0) is 36.6 Å². The minimum atomic E-state index is -0.662. The Labute approximate surface area is 172 Å². The SMILES string of the molecule is CN(Cc1cc([N+](=O)[O-])ccc1Cl)C(=O)C1CCCN1C(=O)c1ccccc1O. The number of amides is 2. The summed E-state index contributed by atoms with van der Waals surface area (Å²) in [6.45, 7) is 0.490. The van der Waals surface area contributed by atoms with E-state index in [-0.39, 0.29) is 29.5 Å². The molecule has 1 N–H and O–H groups in total. The quantitative estimate of drug-likeness (QED) is 0.594. The van der Waals surface area contributed by atoms with Crippen molar-refractivity contribution in [2.75, 3.05) is 13.6 Å². The van der Waals surface area contributed by atoms with Crippen LogP contribution in [0, 0.1) is 10.1 Å². The van der Waals surface area contributed by atoms with E-state index in [4.69, 9.17) is 11.6 Å². The number of rotatable bonds is 5. The highest BCUT2D eigenvalue weighted by Gasteiger charge is 2.36. The van der Waals surface area contributed by atoms with Crippen LogP contribution in [0.4, 0.5) is 5.69 Å². The Hall–Kier alpha value is -3.13. The summed E-state index contributed by atoms with van der Waals surface area (Å²) in [6.07, 6.45) is 1.17. The van der Waals surface area contributed by atoms with Crippen LogP contribution in [0.25, 0.3) is 0 Å². The molecule has 1 saturated heterocycles. The lowest BCUT2D eigenvalue weighted by Crippen LogP contribution is -2.46. The minimum Gasteiger partial charge on any atom is -0.507 e. The normalized spacial score (nSPS) is 15.9. The third-order valence-corrected chi connectivity index (χ3v) is 5.33. The highest BCUT2D eigenvalue weighted by atomic mass is 35.5. The molecule has 1 unspecified atom stereocenters. The number of phenolic OH excluding ortho intramolecular Hbond substituents is 1. The van der Waals surface area contributed by atoms with Crippen LogP contribution >= 0.6 is 11.6 Å². The molecular weight excluding hydrogens is 398 g/mol. The van der Waals surface area contributed by atoms with Gasteiger partial charge in [0.25, 0.3) is 11.6 Å². The van der Waals surface area contributed by atoms with E-state index in [1.807, 2.05) is 0 Å². The zero-order valence-corrected chi connectivity index (χ0v) is 16.5. The van der Waals surface area contributed by atoms with Gasteiger partial charge in [-0.25, -0.2) is 0 Å². The first-order valence-electron chi connectivity index (χ1n) is 9.06. The maximum Gasteiger partial charge on any atom is 0.269 e. The van der Waals surface area contributed by atoms with Gasteiger partial charge in [-0.15, -0.1) is 0 Å². The van der Waals surface area contributed by atoms with Crippen molar-refractivity contribution in [3.05, 3.63) is 68.7 Å². The van der Waals surface area contributed by atoms with Crippen molar-refractivity contribution < 1.29 is 19.6 Å². The molecule has 8 nitrogen and oxygen atoms in total. The van der Waals surface area contributed by atoms with Crippen LogP contribution in [0.15, 0.2) is 42.5 Å². The summed E-state index contributed by atoms with van der Waals surface area (Å²) in [4.78, 5) is 39.2. The van der Waals surface area contributed by atoms with E-state index in [0.29, 0.717) is 30.0 Å². The number of carbonyl (C=O) groups excluding carboxylic acids is 2. The van der Waals surface area contributed by atoms with Gasteiger partial charge in [-0.3, -0.25) is 19.7 Å². The van der Waals surface area contributed by atoms with Crippen LogP contribution in [-0.2, 0) is 11.3 Å². The fraction of sp³-hybridized carbons (Fsp3) is 0.300. The van der Waals surface area contributed by atoms with Crippen molar-refractivity contribution in [3.63, 3.8) is 0 Å². The van der Waals surface area contributed by atoms with Gasteiger partial charge in [0.05, 0.1) is 10.5 Å². The number of nitro groups is 1. The van der Waals surface area contributed by atoms with Crippen molar-refractivity contribution in [1.29, 1.82) is 0 Å². The molecule has 2 aromatic rings. The number of likely N-dealkylation sites (tertiary alicyclic amines) is 1.